The van der Waals surface area contributed by atoms with Crippen molar-refractivity contribution in [3.05, 3.63) is 41.7 Å². The van der Waals surface area contributed by atoms with Crippen molar-refractivity contribution in [2.24, 2.45) is 24.0 Å². The van der Waals surface area contributed by atoms with Crippen LogP contribution >= 0.6 is 0 Å². The molecule has 6 nitrogen and oxygen atoms in total. The SMILES string of the molecule is COc1ccc(-c2[nH]c3c([n+]2C)C(C)C(C2=NNC(O)CC2C)C=C3)cc1. The molecule has 1 aromatic carbocycles. The molecule has 0 radical (unpaired) electrons. The minimum atomic E-state index is -0.549. The van der Waals surface area contributed by atoms with E-state index in [0.29, 0.717) is 6.42 Å². The first-order valence-corrected chi connectivity index (χ1v) is 9.45. The molecule has 142 valence electrons. The smallest absolute Gasteiger partial charge is 0.287 e. The number of benzene rings is 1. The Hall–Kier alpha value is -2.60. The van der Waals surface area contributed by atoms with Crippen LogP contribution in [0.15, 0.2) is 35.4 Å². The molecule has 2 aliphatic rings. The summed E-state index contributed by atoms with van der Waals surface area (Å²) in [7, 11) is 3.79. The normalized spacial score (nSPS) is 26.9. The van der Waals surface area contributed by atoms with Gasteiger partial charge < -0.3 is 9.84 Å². The summed E-state index contributed by atoms with van der Waals surface area (Å²) in [6.45, 7) is 4.39. The van der Waals surface area contributed by atoms with Crippen LogP contribution in [-0.2, 0) is 7.05 Å². The van der Waals surface area contributed by atoms with Gasteiger partial charge in [0.25, 0.3) is 5.82 Å². The van der Waals surface area contributed by atoms with Crippen molar-refractivity contribution in [1.29, 1.82) is 0 Å². The Labute approximate surface area is 159 Å². The molecule has 0 saturated carbocycles. The van der Waals surface area contributed by atoms with E-state index in [1.54, 1.807) is 7.11 Å². The number of fused-ring (bicyclic) bond motifs is 1. The number of imidazole rings is 1. The van der Waals surface area contributed by atoms with Crippen LogP contribution in [0.5, 0.6) is 5.75 Å². The van der Waals surface area contributed by atoms with Crippen LogP contribution in [0.2, 0.25) is 0 Å². The molecular formula is C21H27N4O2+. The summed E-state index contributed by atoms with van der Waals surface area (Å²) in [6, 6.07) is 8.10. The predicted molar refractivity (Wildman–Crippen MR) is 105 cm³/mol. The number of hydrogen-bond donors (Lipinski definition) is 3. The monoisotopic (exact) mass is 367 g/mol. The maximum Gasteiger partial charge on any atom is 0.287 e. The zero-order valence-corrected chi connectivity index (χ0v) is 16.2. The first kappa shape index (κ1) is 17.8. The molecule has 0 spiro atoms. The number of allylic oxidation sites excluding steroid dienone is 1. The molecule has 4 unspecified atom stereocenters. The van der Waals surface area contributed by atoms with Crippen LogP contribution in [0.3, 0.4) is 0 Å². The molecule has 2 heterocycles. The number of nitrogens with one attached hydrogen (secondary N) is 2. The van der Waals surface area contributed by atoms with E-state index in [2.05, 4.69) is 65.3 Å². The minimum absolute atomic E-state index is 0.221. The molecule has 4 rings (SSSR count). The molecule has 3 N–H and O–H groups in total. The number of hydrazone groups is 1. The summed E-state index contributed by atoms with van der Waals surface area (Å²) < 4.78 is 7.51. The molecule has 0 amide bonds. The fourth-order valence-electron chi connectivity index (χ4n) is 4.33. The Bertz CT molecular complexity index is 898. The quantitative estimate of drug-likeness (QED) is 0.730. The van der Waals surface area contributed by atoms with Gasteiger partial charge in [-0.05, 0) is 30.3 Å². The molecule has 1 aliphatic heterocycles. The number of ether oxygens (including phenoxy) is 1. The lowest BCUT2D eigenvalue weighted by atomic mass is 9.77. The average molecular weight is 367 g/mol. The van der Waals surface area contributed by atoms with Gasteiger partial charge in [-0.25, -0.2) is 9.55 Å². The lowest BCUT2D eigenvalue weighted by molar-refractivity contribution is -0.668. The Morgan fingerprint density at radius 1 is 1.22 bits per heavy atom. The standard InChI is InChI=1S/C21H26N4O2/c1-12-11-18(26)23-24-19(12)16-9-10-17-20(13(16)2)25(3)21(22-17)14-5-7-15(27-4)8-6-14/h5-10,12-13,16,18,23,26H,11H2,1-4H3/p+1. The lowest BCUT2D eigenvalue weighted by Gasteiger charge is -2.31. The van der Waals surface area contributed by atoms with E-state index in [1.807, 2.05) is 12.1 Å². The highest BCUT2D eigenvalue weighted by atomic mass is 16.5. The molecule has 2 aromatic rings. The molecule has 27 heavy (non-hydrogen) atoms. The van der Waals surface area contributed by atoms with Gasteiger partial charge in [0, 0.05) is 29.9 Å². The van der Waals surface area contributed by atoms with Crippen molar-refractivity contribution in [2.75, 3.05) is 7.11 Å². The van der Waals surface area contributed by atoms with E-state index in [0.717, 1.165) is 28.5 Å². The van der Waals surface area contributed by atoms with Crippen LogP contribution in [0.1, 0.15) is 37.6 Å². The zero-order chi connectivity index (χ0) is 19.1. The van der Waals surface area contributed by atoms with Crippen molar-refractivity contribution >= 4 is 11.8 Å². The van der Waals surface area contributed by atoms with Gasteiger partial charge in [0.1, 0.15) is 12.0 Å². The van der Waals surface area contributed by atoms with Crippen LogP contribution < -0.4 is 14.7 Å². The van der Waals surface area contributed by atoms with Crippen LogP contribution in [0.25, 0.3) is 17.5 Å². The second-order valence-corrected chi connectivity index (χ2v) is 7.55. The number of hydrogen-bond acceptors (Lipinski definition) is 4. The average Bonchev–Trinajstić information content (AvgIpc) is 3.00. The third-order valence-corrected chi connectivity index (χ3v) is 5.80. The summed E-state index contributed by atoms with van der Waals surface area (Å²) in [5.74, 6) is 2.69. The van der Waals surface area contributed by atoms with Gasteiger partial charge in [-0.3, -0.25) is 5.43 Å². The van der Waals surface area contributed by atoms with Gasteiger partial charge in [0.2, 0.25) is 0 Å². The molecule has 1 aliphatic carbocycles. The first-order chi connectivity index (χ1) is 13.0. The number of aliphatic hydroxyl groups is 1. The Morgan fingerprint density at radius 3 is 2.63 bits per heavy atom. The van der Waals surface area contributed by atoms with Crippen molar-refractivity contribution in [1.82, 2.24) is 10.4 Å². The third kappa shape index (κ3) is 3.04. The third-order valence-electron chi connectivity index (χ3n) is 5.80. The number of rotatable bonds is 3. The number of aliphatic hydroxyl groups excluding tert-OH is 1. The van der Waals surface area contributed by atoms with Crippen molar-refractivity contribution < 1.29 is 14.4 Å². The molecule has 1 aromatic heterocycles. The fourth-order valence-corrected chi connectivity index (χ4v) is 4.33. The maximum absolute atomic E-state index is 9.78. The van der Waals surface area contributed by atoms with Crippen molar-refractivity contribution in [3.63, 3.8) is 0 Å². The lowest BCUT2D eigenvalue weighted by Crippen LogP contribution is -2.42. The number of aromatic nitrogens is 2. The highest BCUT2D eigenvalue weighted by Crippen LogP contribution is 2.36. The first-order valence-electron chi connectivity index (χ1n) is 9.45. The fraction of sp³-hybridized carbons (Fsp3) is 0.429. The second kappa shape index (κ2) is 6.85. The van der Waals surface area contributed by atoms with E-state index in [-0.39, 0.29) is 17.8 Å². The molecular weight excluding hydrogens is 340 g/mol. The summed E-state index contributed by atoms with van der Waals surface area (Å²) in [4.78, 5) is 3.57. The zero-order valence-electron chi connectivity index (χ0n) is 16.2. The highest BCUT2D eigenvalue weighted by Gasteiger charge is 2.38. The van der Waals surface area contributed by atoms with Crippen LogP contribution in [0, 0.1) is 11.8 Å². The summed E-state index contributed by atoms with van der Waals surface area (Å²) >= 11 is 0. The summed E-state index contributed by atoms with van der Waals surface area (Å²) in [5, 5.41) is 14.3. The molecule has 4 atom stereocenters. The summed E-state index contributed by atoms with van der Waals surface area (Å²) in [5.41, 5.74) is 7.50. The molecule has 0 bridgehead atoms. The van der Waals surface area contributed by atoms with Crippen LogP contribution in [0.4, 0.5) is 0 Å². The number of nitrogens with zero attached hydrogens (tertiary/aromatic N) is 2. The van der Waals surface area contributed by atoms with Gasteiger partial charge >= 0.3 is 0 Å². The number of H-pyrrole nitrogens is 1. The topological polar surface area (TPSA) is 73.5 Å². The second-order valence-electron chi connectivity index (χ2n) is 7.55. The van der Waals surface area contributed by atoms with E-state index in [1.165, 1.54) is 5.69 Å². The van der Waals surface area contributed by atoms with Gasteiger partial charge in [-0.1, -0.05) is 19.9 Å². The number of methoxy groups -OCH3 is 1. The van der Waals surface area contributed by atoms with Crippen LogP contribution in [-0.4, -0.2) is 29.1 Å². The Morgan fingerprint density at radius 2 is 1.96 bits per heavy atom. The van der Waals surface area contributed by atoms with E-state index < -0.39 is 6.23 Å². The van der Waals surface area contributed by atoms with Crippen molar-refractivity contribution in [3.8, 4) is 17.1 Å². The van der Waals surface area contributed by atoms with Gasteiger partial charge in [0.15, 0.2) is 11.4 Å². The molecule has 6 heteroatoms. The molecule has 0 saturated heterocycles. The van der Waals surface area contributed by atoms with E-state index in [9.17, 15) is 5.11 Å². The number of aromatic amines is 1. The predicted octanol–water partition coefficient (Wildman–Crippen LogP) is 2.57. The Kier molecular flexibility index (Phi) is 4.52. The van der Waals surface area contributed by atoms with E-state index in [4.69, 9.17) is 4.74 Å². The van der Waals surface area contributed by atoms with Gasteiger partial charge in [-0.15, -0.1) is 0 Å². The largest absolute Gasteiger partial charge is 0.497 e. The van der Waals surface area contributed by atoms with Crippen molar-refractivity contribution in [2.45, 2.75) is 32.4 Å². The maximum atomic E-state index is 9.78. The van der Waals surface area contributed by atoms with Gasteiger partial charge in [0.05, 0.1) is 19.7 Å². The molecule has 0 fully saturated rings. The highest BCUT2D eigenvalue weighted by molar-refractivity contribution is 5.92. The van der Waals surface area contributed by atoms with E-state index >= 15 is 0 Å². The Balaban J connectivity index is 1.68. The summed E-state index contributed by atoms with van der Waals surface area (Å²) in [6.07, 6.45) is 4.54. The minimum Gasteiger partial charge on any atom is -0.497 e. The van der Waals surface area contributed by atoms with Gasteiger partial charge in [-0.2, -0.15) is 5.10 Å².